The van der Waals surface area contributed by atoms with Crippen LogP contribution in [0.5, 0.6) is 0 Å². The van der Waals surface area contributed by atoms with Gasteiger partial charge in [-0.3, -0.25) is 0 Å². The molecule has 0 aromatic carbocycles. The minimum Gasteiger partial charge on any atom is -0.207 e. The molecule has 0 atom stereocenters. The zero-order chi connectivity index (χ0) is 11.1. The lowest BCUT2D eigenvalue weighted by Gasteiger charge is -1.93. The Bertz CT molecular complexity index is 525. The Balaban J connectivity index is 3.25. The van der Waals surface area contributed by atoms with Crippen molar-refractivity contribution >= 4 is 51.1 Å². The number of allylic oxidation sites excluding steroid dienone is 3. The van der Waals surface area contributed by atoms with Gasteiger partial charge in [-0.2, -0.15) is 0 Å². The van der Waals surface area contributed by atoms with Gasteiger partial charge in [0.05, 0.1) is 9.81 Å². The maximum Gasteiger partial charge on any atom is 0.262 e. The van der Waals surface area contributed by atoms with Gasteiger partial charge >= 0.3 is 0 Å². The van der Waals surface area contributed by atoms with Crippen LogP contribution in [0.1, 0.15) is 6.42 Å². The van der Waals surface area contributed by atoms with E-state index in [0.29, 0.717) is 0 Å². The molecule has 80 valence electrons. The van der Waals surface area contributed by atoms with Gasteiger partial charge in [-0.15, -0.1) is 0 Å². The standard InChI is InChI=1S/C5H3Cl3O4S2/c6-4-1-3(13(7,9)10)2-5(4)14(8,11)12/h2H,1H2. The minimum atomic E-state index is -4.02. The fourth-order valence-corrected chi connectivity index (χ4v) is 3.56. The summed E-state index contributed by atoms with van der Waals surface area (Å²) in [7, 11) is 2.03. The van der Waals surface area contributed by atoms with E-state index in [4.69, 9.17) is 33.0 Å². The number of hydrogen-bond donors (Lipinski definition) is 0. The minimum absolute atomic E-state index is 0.153. The molecule has 0 saturated carbocycles. The van der Waals surface area contributed by atoms with Crippen molar-refractivity contribution in [3.05, 3.63) is 20.9 Å². The Hall–Kier alpha value is 0.250. The van der Waals surface area contributed by atoms with Crippen molar-refractivity contribution in [1.29, 1.82) is 0 Å². The Labute approximate surface area is 95.0 Å². The van der Waals surface area contributed by atoms with E-state index >= 15 is 0 Å². The van der Waals surface area contributed by atoms with Crippen molar-refractivity contribution in [3.63, 3.8) is 0 Å². The van der Waals surface area contributed by atoms with Gasteiger partial charge in [0.1, 0.15) is 0 Å². The van der Waals surface area contributed by atoms with Crippen molar-refractivity contribution in [2.24, 2.45) is 0 Å². The summed E-state index contributed by atoms with van der Waals surface area (Å²) in [5, 5.41) is -0.153. The van der Waals surface area contributed by atoms with Crippen molar-refractivity contribution in [2.45, 2.75) is 6.42 Å². The molecule has 0 aromatic heterocycles. The quantitative estimate of drug-likeness (QED) is 0.730. The number of halogens is 3. The first kappa shape index (κ1) is 12.3. The zero-order valence-electron chi connectivity index (χ0n) is 6.37. The Morgan fingerprint density at radius 2 is 1.57 bits per heavy atom. The SMILES string of the molecule is O=S(=O)(Cl)C1=CC(S(=O)(=O)Cl)=C(Cl)C1. The van der Waals surface area contributed by atoms with Crippen molar-refractivity contribution in [1.82, 2.24) is 0 Å². The van der Waals surface area contributed by atoms with Crippen LogP contribution in [0, 0.1) is 0 Å². The van der Waals surface area contributed by atoms with Crippen LogP contribution in [0.4, 0.5) is 0 Å². The molecule has 0 saturated heterocycles. The van der Waals surface area contributed by atoms with E-state index in [1.807, 2.05) is 0 Å². The van der Waals surface area contributed by atoms with Gasteiger partial charge in [0.2, 0.25) is 0 Å². The molecule has 0 unspecified atom stereocenters. The largest absolute Gasteiger partial charge is 0.262 e. The second-order valence-electron chi connectivity index (χ2n) is 2.43. The number of hydrogen-bond acceptors (Lipinski definition) is 4. The van der Waals surface area contributed by atoms with Gasteiger partial charge in [0, 0.05) is 32.8 Å². The predicted octanol–water partition coefficient (Wildman–Crippen LogP) is 1.86. The first-order valence-electron chi connectivity index (χ1n) is 3.11. The van der Waals surface area contributed by atoms with Gasteiger partial charge in [-0.1, -0.05) is 11.6 Å². The highest BCUT2D eigenvalue weighted by Gasteiger charge is 2.28. The summed E-state index contributed by atoms with van der Waals surface area (Å²) in [5.41, 5.74) is 0. The summed E-state index contributed by atoms with van der Waals surface area (Å²) in [6.07, 6.45) is 0.613. The molecule has 1 rings (SSSR count). The highest BCUT2D eigenvalue weighted by molar-refractivity contribution is 8.18. The van der Waals surface area contributed by atoms with Crippen LogP contribution in [0.3, 0.4) is 0 Å². The summed E-state index contributed by atoms with van der Waals surface area (Å²) in [4.78, 5) is -0.691. The Morgan fingerprint density at radius 3 is 1.79 bits per heavy atom. The zero-order valence-corrected chi connectivity index (χ0v) is 10.3. The monoisotopic (exact) mass is 296 g/mol. The van der Waals surface area contributed by atoms with Crippen molar-refractivity contribution in [2.75, 3.05) is 0 Å². The van der Waals surface area contributed by atoms with Crippen LogP contribution in [0.2, 0.25) is 0 Å². The molecule has 4 nitrogen and oxygen atoms in total. The first-order valence-corrected chi connectivity index (χ1v) is 8.10. The fourth-order valence-electron chi connectivity index (χ4n) is 0.875. The van der Waals surface area contributed by atoms with Gasteiger partial charge in [0.15, 0.2) is 0 Å². The molecule has 0 aromatic rings. The molecule has 0 N–H and O–H groups in total. The van der Waals surface area contributed by atoms with Gasteiger partial charge in [-0.25, -0.2) is 16.8 Å². The second kappa shape index (κ2) is 3.68. The molecule has 0 fully saturated rings. The molecule has 0 aliphatic heterocycles. The topological polar surface area (TPSA) is 68.3 Å². The first-order chi connectivity index (χ1) is 6.12. The summed E-state index contributed by atoms with van der Waals surface area (Å²) in [6, 6.07) is 0. The van der Waals surface area contributed by atoms with Crippen LogP contribution >= 0.6 is 33.0 Å². The normalized spacial score (nSPS) is 18.6. The maximum absolute atomic E-state index is 10.9. The van der Waals surface area contributed by atoms with E-state index < -0.39 is 23.0 Å². The summed E-state index contributed by atoms with van der Waals surface area (Å²) >= 11 is 5.50. The average molecular weight is 298 g/mol. The van der Waals surface area contributed by atoms with E-state index in [2.05, 4.69) is 0 Å². The van der Waals surface area contributed by atoms with E-state index in [-0.39, 0.29) is 16.4 Å². The smallest absolute Gasteiger partial charge is 0.207 e. The lowest BCUT2D eigenvalue weighted by atomic mass is 10.5. The molecular formula is C5H3Cl3O4S2. The van der Waals surface area contributed by atoms with Crippen LogP contribution < -0.4 is 0 Å². The average Bonchev–Trinajstić information content (AvgIpc) is 2.27. The summed E-state index contributed by atoms with van der Waals surface area (Å²) < 4.78 is 43.4. The molecule has 1 aliphatic rings. The van der Waals surface area contributed by atoms with Crippen LogP contribution in [0.15, 0.2) is 20.9 Å². The molecule has 0 radical (unpaired) electrons. The highest BCUT2D eigenvalue weighted by Crippen LogP contribution is 2.36. The van der Waals surface area contributed by atoms with E-state index in [0.717, 1.165) is 6.08 Å². The molecule has 0 heterocycles. The molecule has 0 bridgehead atoms. The van der Waals surface area contributed by atoms with Crippen molar-refractivity contribution in [3.8, 4) is 0 Å². The molecule has 0 amide bonds. The number of rotatable bonds is 2. The Kier molecular flexibility index (Phi) is 3.24. The molecular weight excluding hydrogens is 295 g/mol. The fraction of sp³-hybridized carbons (Fsp3) is 0.200. The van der Waals surface area contributed by atoms with Crippen LogP contribution in [-0.4, -0.2) is 16.8 Å². The van der Waals surface area contributed by atoms with Crippen LogP contribution in [-0.2, 0) is 18.1 Å². The van der Waals surface area contributed by atoms with E-state index in [1.54, 1.807) is 0 Å². The highest BCUT2D eigenvalue weighted by atomic mass is 35.7. The summed E-state index contributed by atoms with van der Waals surface area (Å²) in [6.45, 7) is 0. The van der Waals surface area contributed by atoms with Gasteiger partial charge in [-0.05, 0) is 6.08 Å². The third-order valence-electron chi connectivity index (χ3n) is 1.46. The lowest BCUT2D eigenvalue weighted by Crippen LogP contribution is -1.92. The third kappa shape index (κ3) is 2.64. The van der Waals surface area contributed by atoms with Crippen LogP contribution in [0.25, 0.3) is 0 Å². The molecule has 14 heavy (non-hydrogen) atoms. The second-order valence-corrected chi connectivity index (χ2v) is 8.04. The maximum atomic E-state index is 10.9. The molecule has 1 aliphatic carbocycles. The molecule has 9 heteroatoms. The van der Waals surface area contributed by atoms with E-state index in [1.165, 1.54) is 0 Å². The molecule has 0 spiro atoms. The van der Waals surface area contributed by atoms with Crippen molar-refractivity contribution < 1.29 is 16.8 Å². The Morgan fingerprint density at radius 1 is 1.07 bits per heavy atom. The lowest BCUT2D eigenvalue weighted by molar-refractivity contribution is 0.613. The van der Waals surface area contributed by atoms with E-state index in [9.17, 15) is 16.8 Å². The van der Waals surface area contributed by atoms with Gasteiger partial charge in [0.25, 0.3) is 18.1 Å². The predicted molar refractivity (Wildman–Crippen MR) is 55.1 cm³/mol. The third-order valence-corrected chi connectivity index (χ3v) is 4.79. The van der Waals surface area contributed by atoms with Gasteiger partial charge < -0.3 is 0 Å². The summed E-state index contributed by atoms with van der Waals surface area (Å²) in [5.74, 6) is 0.